The zero-order valence-corrected chi connectivity index (χ0v) is 15.3. The molecule has 1 N–H and O–H groups in total. The molecule has 3 rings (SSSR count). The Kier molecular flexibility index (Phi) is 4.75. The summed E-state index contributed by atoms with van der Waals surface area (Å²) in [6.07, 6.45) is 0. The summed E-state index contributed by atoms with van der Waals surface area (Å²) in [5.41, 5.74) is 1.84. The van der Waals surface area contributed by atoms with Crippen LogP contribution in [0.25, 0.3) is 11.5 Å². The third-order valence-electron chi connectivity index (χ3n) is 3.00. The molecule has 0 saturated carbocycles. The maximum absolute atomic E-state index is 5.59. The first kappa shape index (κ1) is 15.5. The van der Waals surface area contributed by atoms with Gasteiger partial charge in [0.05, 0.1) is 5.56 Å². The number of hydrogen-bond acceptors (Lipinski definition) is 4. The molecule has 0 unspecified atom stereocenters. The van der Waals surface area contributed by atoms with Gasteiger partial charge in [0, 0.05) is 14.6 Å². The molecular weight excluding hydrogens is 430 g/mol. The number of rotatable bonds is 4. The second-order valence-corrected chi connectivity index (χ2v) is 6.53. The van der Waals surface area contributed by atoms with E-state index in [1.807, 2.05) is 48.5 Å². The zero-order valence-electron chi connectivity index (χ0n) is 11.3. The van der Waals surface area contributed by atoms with Crippen molar-refractivity contribution < 1.29 is 4.42 Å². The van der Waals surface area contributed by atoms with Gasteiger partial charge in [-0.2, -0.15) is 0 Å². The van der Waals surface area contributed by atoms with Gasteiger partial charge in [0.1, 0.15) is 6.67 Å². The third kappa shape index (κ3) is 3.31. The Bertz CT molecular complexity index is 860. The Morgan fingerprint density at radius 3 is 2.45 bits per heavy atom. The number of para-hydroxylation sites is 1. The summed E-state index contributed by atoms with van der Waals surface area (Å²) < 4.78 is 9.10. The molecule has 4 nitrogen and oxygen atoms in total. The number of anilines is 1. The van der Waals surface area contributed by atoms with Gasteiger partial charge < -0.3 is 9.73 Å². The van der Waals surface area contributed by atoms with Crippen LogP contribution in [0.1, 0.15) is 0 Å². The number of hydrogen-bond donors (Lipinski definition) is 1. The van der Waals surface area contributed by atoms with E-state index in [1.165, 1.54) is 0 Å². The third-order valence-corrected chi connectivity index (χ3v) is 4.68. The molecular formula is C15H11Br2N3OS. The van der Waals surface area contributed by atoms with Crippen molar-refractivity contribution in [1.29, 1.82) is 0 Å². The number of nitrogens with zero attached hydrogens (tertiary/aromatic N) is 2. The number of benzene rings is 2. The largest absolute Gasteiger partial charge is 0.409 e. The molecule has 0 atom stereocenters. The van der Waals surface area contributed by atoms with E-state index in [1.54, 1.807) is 4.68 Å². The molecule has 0 radical (unpaired) electrons. The quantitative estimate of drug-likeness (QED) is 0.546. The van der Waals surface area contributed by atoms with Gasteiger partial charge in [-0.1, -0.05) is 24.3 Å². The van der Waals surface area contributed by atoms with Crippen LogP contribution in [0, 0.1) is 4.84 Å². The van der Waals surface area contributed by atoms with Gasteiger partial charge in [0.15, 0.2) is 0 Å². The summed E-state index contributed by atoms with van der Waals surface area (Å²) in [4.78, 5) is 0.324. The van der Waals surface area contributed by atoms with Crippen molar-refractivity contribution in [2.45, 2.75) is 6.67 Å². The van der Waals surface area contributed by atoms with Gasteiger partial charge in [0.25, 0.3) is 4.84 Å². The van der Waals surface area contributed by atoms with E-state index >= 15 is 0 Å². The van der Waals surface area contributed by atoms with Crippen LogP contribution >= 0.6 is 44.1 Å². The molecule has 0 aliphatic rings. The molecule has 0 saturated heterocycles. The van der Waals surface area contributed by atoms with Gasteiger partial charge >= 0.3 is 0 Å². The minimum absolute atomic E-state index is 0.324. The summed E-state index contributed by atoms with van der Waals surface area (Å²) in [6, 6.07) is 15.6. The molecule has 1 heterocycles. The highest BCUT2D eigenvalue weighted by Gasteiger charge is 2.11. The summed E-state index contributed by atoms with van der Waals surface area (Å²) in [6.45, 7) is 0.426. The predicted molar refractivity (Wildman–Crippen MR) is 96.2 cm³/mol. The minimum Gasteiger partial charge on any atom is -0.409 e. The van der Waals surface area contributed by atoms with E-state index in [0.717, 1.165) is 20.2 Å². The molecule has 3 aromatic rings. The van der Waals surface area contributed by atoms with Crippen molar-refractivity contribution in [2.24, 2.45) is 0 Å². The van der Waals surface area contributed by atoms with Crippen molar-refractivity contribution >= 4 is 49.8 Å². The van der Waals surface area contributed by atoms with Crippen LogP contribution in [0.4, 0.5) is 5.69 Å². The van der Waals surface area contributed by atoms with E-state index in [0.29, 0.717) is 17.4 Å². The van der Waals surface area contributed by atoms with Crippen molar-refractivity contribution in [3.8, 4) is 11.5 Å². The first-order valence-electron chi connectivity index (χ1n) is 6.46. The fourth-order valence-corrected chi connectivity index (χ4v) is 2.98. The number of halogens is 2. The Balaban J connectivity index is 1.83. The average molecular weight is 441 g/mol. The fourth-order valence-electron chi connectivity index (χ4n) is 1.91. The zero-order chi connectivity index (χ0) is 15.5. The molecule has 7 heteroatoms. The monoisotopic (exact) mass is 439 g/mol. The molecule has 0 fully saturated rings. The lowest BCUT2D eigenvalue weighted by atomic mass is 10.2. The van der Waals surface area contributed by atoms with Crippen molar-refractivity contribution in [3.63, 3.8) is 0 Å². The highest BCUT2D eigenvalue weighted by molar-refractivity contribution is 9.11. The van der Waals surface area contributed by atoms with E-state index in [2.05, 4.69) is 42.3 Å². The lowest BCUT2D eigenvalue weighted by Gasteiger charge is -2.07. The van der Waals surface area contributed by atoms with Crippen molar-refractivity contribution in [2.75, 3.05) is 5.32 Å². The Morgan fingerprint density at radius 2 is 1.73 bits per heavy atom. The van der Waals surface area contributed by atoms with Gasteiger partial charge in [-0.15, -0.1) is 5.10 Å². The molecule has 0 spiro atoms. The number of aromatic nitrogens is 2. The van der Waals surface area contributed by atoms with Crippen LogP contribution in [-0.2, 0) is 6.67 Å². The van der Waals surface area contributed by atoms with Crippen LogP contribution in [0.2, 0.25) is 0 Å². The topological polar surface area (TPSA) is 43.0 Å². The van der Waals surface area contributed by atoms with E-state index in [4.69, 9.17) is 16.6 Å². The lowest BCUT2D eigenvalue weighted by Crippen LogP contribution is -2.09. The van der Waals surface area contributed by atoms with Gasteiger partial charge in [0.2, 0.25) is 5.89 Å². The summed E-state index contributed by atoms with van der Waals surface area (Å²) >= 11 is 12.2. The van der Waals surface area contributed by atoms with Gasteiger partial charge in [-0.05, 0) is 68.3 Å². The van der Waals surface area contributed by atoms with Crippen LogP contribution in [-0.4, -0.2) is 9.78 Å². The average Bonchev–Trinajstić information content (AvgIpc) is 2.88. The second kappa shape index (κ2) is 6.76. The molecule has 2 aromatic carbocycles. The molecule has 0 aliphatic heterocycles. The normalized spacial score (nSPS) is 10.6. The Hall–Kier alpha value is -1.44. The van der Waals surface area contributed by atoms with Gasteiger partial charge in [-0.3, -0.25) is 0 Å². The molecule has 0 aliphatic carbocycles. The highest BCUT2D eigenvalue weighted by Crippen LogP contribution is 2.27. The van der Waals surface area contributed by atoms with Crippen LogP contribution in [0.15, 0.2) is 61.9 Å². The van der Waals surface area contributed by atoms with E-state index < -0.39 is 0 Å². The van der Waals surface area contributed by atoms with Crippen molar-refractivity contribution in [3.05, 3.63) is 62.3 Å². The maximum atomic E-state index is 5.59. The summed E-state index contributed by atoms with van der Waals surface area (Å²) in [5, 5.41) is 7.69. The highest BCUT2D eigenvalue weighted by atomic mass is 79.9. The minimum atomic E-state index is 0.324. The second-order valence-electron chi connectivity index (χ2n) is 4.47. The number of nitrogens with one attached hydrogen (secondary N) is 1. The predicted octanol–water partition coefficient (Wildman–Crippen LogP) is 5.47. The van der Waals surface area contributed by atoms with E-state index in [9.17, 15) is 0 Å². The molecule has 0 amide bonds. The van der Waals surface area contributed by atoms with Crippen molar-refractivity contribution in [1.82, 2.24) is 9.78 Å². The summed E-state index contributed by atoms with van der Waals surface area (Å²) in [5.74, 6) is 0.492. The molecule has 112 valence electrons. The first-order valence-corrected chi connectivity index (χ1v) is 8.46. The lowest BCUT2D eigenvalue weighted by molar-refractivity contribution is 0.522. The van der Waals surface area contributed by atoms with E-state index in [-0.39, 0.29) is 0 Å². The maximum Gasteiger partial charge on any atom is 0.289 e. The Labute approximate surface area is 149 Å². The molecule has 0 bridgehead atoms. The van der Waals surface area contributed by atoms with Crippen LogP contribution in [0.5, 0.6) is 0 Å². The Morgan fingerprint density at radius 1 is 1.05 bits per heavy atom. The smallest absolute Gasteiger partial charge is 0.289 e. The standard InChI is InChI=1S/C15H11Br2N3OS/c16-11-6-2-1-5-10(11)14-19-20(15(22)21-14)9-18-13-8-4-3-7-12(13)17/h1-8,18H,9H2. The molecule has 22 heavy (non-hydrogen) atoms. The van der Waals surface area contributed by atoms with Crippen LogP contribution in [0.3, 0.4) is 0 Å². The SMILES string of the molecule is S=c1oc(-c2ccccc2Br)nn1CNc1ccccc1Br. The van der Waals surface area contributed by atoms with Crippen LogP contribution < -0.4 is 5.32 Å². The fraction of sp³-hybridized carbons (Fsp3) is 0.0667. The molecule has 1 aromatic heterocycles. The first-order chi connectivity index (χ1) is 10.6. The summed E-state index contributed by atoms with van der Waals surface area (Å²) in [7, 11) is 0. The van der Waals surface area contributed by atoms with Gasteiger partial charge in [-0.25, -0.2) is 4.68 Å².